The maximum atomic E-state index is 12.4. The number of likely N-dealkylation sites (tertiary alicyclic amines) is 1. The van der Waals surface area contributed by atoms with E-state index in [1.54, 1.807) is 4.31 Å². The molecule has 9 heteroatoms. The average molecular weight is 414 g/mol. The molecule has 1 aromatic rings. The zero-order valence-electron chi connectivity index (χ0n) is 17.7. The molecule has 1 atom stereocenters. The monoisotopic (exact) mass is 413 g/mol. The third-order valence-corrected chi connectivity index (χ3v) is 7.41. The fourth-order valence-electron chi connectivity index (χ4n) is 4.35. The molecule has 0 amide bonds. The summed E-state index contributed by atoms with van der Waals surface area (Å²) in [6.07, 6.45) is 3.10. The molecule has 0 aliphatic carbocycles. The van der Waals surface area contributed by atoms with Crippen LogP contribution in [0.3, 0.4) is 0 Å². The first kappa shape index (κ1) is 21.7. The standard InChI is InChI=1S/C19H35N5O3S/c1-16-19(17(2)21(3)20-16)15-23-9-6-18(14-23)24(28(4,25)26)8-5-7-22-10-12-27-13-11-22/h18H,5-15H2,1-4H3. The Hall–Kier alpha value is -1.00. The van der Waals surface area contributed by atoms with Crippen LogP contribution in [0.2, 0.25) is 0 Å². The van der Waals surface area contributed by atoms with Crippen LogP contribution in [0, 0.1) is 13.8 Å². The summed E-state index contributed by atoms with van der Waals surface area (Å²) >= 11 is 0. The number of sulfonamides is 1. The van der Waals surface area contributed by atoms with E-state index in [0.29, 0.717) is 6.54 Å². The molecule has 2 aliphatic rings. The van der Waals surface area contributed by atoms with E-state index in [0.717, 1.165) is 71.0 Å². The lowest BCUT2D eigenvalue weighted by Crippen LogP contribution is -2.43. The highest BCUT2D eigenvalue weighted by molar-refractivity contribution is 7.88. The summed E-state index contributed by atoms with van der Waals surface area (Å²) in [5.74, 6) is 0. The lowest BCUT2D eigenvalue weighted by atomic mass is 10.2. The van der Waals surface area contributed by atoms with Gasteiger partial charge in [-0.1, -0.05) is 0 Å². The number of aromatic nitrogens is 2. The average Bonchev–Trinajstić information content (AvgIpc) is 3.19. The predicted molar refractivity (Wildman–Crippen MR) is 110 cm³/mol. The van der Waals surface area contributed by atoms with Gasteiger partial charge in [0.1, 0.15) is 0 Å². The van der Waals surface area contributed by atoms with Crippen molar-refractivity contribution in [2.45, 2.75) is 39.3 Å². The van der Waals surface area contributed by atoms with Gasteiger partial charge < -0.3 is 4.74 Å². The topological polar surface area (TPSA) is 70.9 Å². The van der Waals surface area contributed by atoms with Crippen LogP contribution in [0.4, 0.5) is 0 Å². The van der Waals surface area contributed by atoms with E-state index in [1.807, 2.05) is 18.7 Å². The Morgan fingerprint density at radius 2 is 1.89 bits per heavy atom. The molecule has 1 unspecified atom stereocenters. The van der Waals surface area contributed by atoms with Crippen LogP contribution in [0.25, 0.3) is 0 Å². The van der Waals surface area contributed by atoms with Crippen molar-refractivity contribution in [1.82, 2.24) is 23.9 Å². The smallest absolute Gasteiger partial charge is 0.211 e. The van der Waals surface area contributed by atoms with Gasteiger partial charge >= 0.3 is 0 Å². The maximum Gasteiger partial charge on any atom is 0.211 e. The molecular weight excluding hydrogens is 378 g/mol. The molecule has 0 saturated carbocycles. The van der Waals surface area contributed by atoms with Crippen molar-refractivity contribution in [3.05, 3.63) is 17.0 Å². The van der Waals surface area contributed by atoms with Gasteiger partial charge in [-0.25, -0.2) is 8.42 Å². The van der Waals surface area contributed by atoms with Gasteiger partial charge in [-0.3, -0.25) is 14.5 Å². The van der Waals surface area contributed by atoms with Crippen LogP contribution in [0.1, 0.15) is 29.8 Å². The number of aryl methyl sites for hydroxylation is 2. The second-order valence-corrected chi connectivity index (χ2v) is 10.1. The van der Waals surface area contributed by atoms with Crippen molar-refractivity contribution in [2.24, 2.45) is 7.05 Å². The first-order valence-corrected chi connectivity index (χ1v) is 12.1. The SMILES string of the molecule is Cc1nn(C)c(C)c1CN1CCC(N(CCCN2CCOCC2)S(C)(=O)=O)C1. The minimum atomic E-state index is -3.21. The van der Waals surface area contributed by atoms with Gasteiger partial charge in [-0.2, -0.15) is 9.40 Å². The van der Waals surface area contributed by atoms with Gasteiger partial charge in [-0.05, 0) is 33.2 Å². The zero-order chi connectivity index (χ0) is 20.3. The zero-order valence-corrected chi connectivity index (χ0v) is 18.5. The van der Waals surface area contributed by atoms with Gasteiger partial charge in [-0.15, -0.1) is 0 Å². The van der Waals surface area contributed by atoms with Gasteiger partial charge in [0.2, 0.25) is 10.0 Å². The molecule has 8 nitrogen and oxygen atoms in total. The Balaban J connectivity index is 1.56. The highest BCUT2D eigenvalue weighted by Crippen LogP contribution is 2.23. The van der Waals surface area contributed by atoms with E-state index in [-0.39, 0.29) is 6.04 Å². The van der Waals surface area contributed by atoms with Crippen molar-refractivity contribution in [1.29, 1.82) is 0 Å². The molecule has 28 heavy (non-hydrogen) atoms. The summed E-state index contributed by atoms with van der Waals surface area (Å²) in [7, 11) is -1.24. The summed E-state index contributed by atoms with van der Waals surface area (Å²) in [6.45, 7) is 11.7. The van der Waals surface area contributed by atoms with E-state index < -0.39 is 10.0 Å². The lowest BCUT2D eigenvalue weighted by molar-refractivity contribution is 0.0366. The van der Waals surface area contributed by atoms with Gasteiger partial charge in [0, 0.05) is 63.6 Å². The summed E-state index contributed by atoms with van der Waals surface area (Å²) < 4.78 is 33.9. The molecule has 0 spiro atoms. The first-order chi connectivity index (χ1) is 13.3. The number of rotatable bonds is 8. The Bertz CT molecular complexity index is 758. The molecule has 0 aromatic carbocycles. The van der Waals surface area contributed by atoms with Crippen LogP contribution in [0.5, 0.6) is 0 Å². The van der Waals surface area contributed by atoms with Crippen molar-refractivity contribution >= 4 is 10.0 Å². The van der Waals surface area contributed by atoms with Crippen LogP contribution in [-0.2, 0) is 28.4 Å². The van der Waals surface area contributed by atoms with Crippen LogP contribution in [-0.4, -0.2) is 97.1 Å². The highest BCUT2D eigenvalue weighted by Gasteiger charge is 2.33. The molecule has 3 heterocycles. The quantitative estimate of drug-likeness (QED) is 0.621. The number of hydrogen-bond donors (Lipinski definition) is 0. The highest BCUT2D eigenvalue weighted by atomic mass is 32.2. The third kappa shape index (κ3) is 5.33. The largest absolute Gasteiger partial charge is 0.379 e. The minimum absolute atomic E-state index is 0.0666. The van der Waals surface area contributed by atoms with Crippen molar-refractivity contribution in [2.75, 3.05) is 58.7 Å². The Kier molecular flexibility index (Phi) is 7.14. The van der Waals surface area contributed by atoms with Gasteiger partial charge in [0.05, 0.1) is 25.2 Å². The number of morpholine rings is 1. The number of nitrogens with zero attached hydrogens (tertiary/aromatic N) is 5. The van der Waals surface area contributed by atoms with Crippen LogP contribution >= 0.6 is 0 Å². The van der Waals surface area contributed by atoms with E-state index in [1.165, 1.54) is 17.5 Å². The molecular formula is C19H35N5O3S. The Labute approximate surface area is 169 Å². The van der Waals surface area contributed by atoms with E-state index in [2.05, 4.69) is 21.8 Å². The summed E-state index contributed by atoms with van der Waals surface area (Å²) in [4.78, 5) is 4.72. The van der Waals surface area contributed by atoms with Crippen molar-refractivity contribution in [3.63, 3.8) is 0 Å². The van der Waals surface area contributed by atoms with Gasteiger partial charge in [0.15, 0.2) is 0 Å². The first-order valence-electron chi connectivity index (χ1n) is 10.2. The lowest BCUT2D eigenvalue weighted by Gasteiger charge is -2.30. The van der Waals surface area contributed by atoms with Crippen LogP contribution < -0.4 is 0 Å². The Morgan fingerprint density at radius 3 is 2.50 bits per heavy atom. The second kappa shape index (κ2) is 9.21. The number of hydrogen-bond acceptors (Lipinski definition) is 6. The molecule has 2 saturated heterocycles. The van der Waals surface area contributed by atoms with Crippen LogP contribution in [0.15, 0.2) is 0 Å². The van der Waals surface area contributed by atoms with E-state index >= 15 is 0 Å². The molecule has 2 fully saturated rings. The molecule has 0 N–H and O–H groups in total. The van der Waals surface area contributed by atoms with Gasteiger partial charge in [0.25, 0.3) is 0 Å². The van der Waals surface area contributed by atoms with E-state index in [9.17, 15) is 8.42 Å². The second-order valence-electron chi connectivity index (χ2n) is 8.13. The molecule has 0 radical (unpaired) electrons. The van der Waals surface area contributed by atoms with Crippen molar-refractivity contribution in [3.8, 4) is 0 Å². The fourth-order valence-corrected chi connectivity index (χ4v) is 5.53. The summed E-state index contributed by atoms with van der Waals surface area (Å²) in [5.41, 5.74) is 3.52. The molecule has 0 bridgehead atoms. The molecule has 160 valence electrons. The van der Waals surface area contributed by atoms with Crippen molar-refractivity contribution < 1.29 is 13.2 Å². The predicted octanol–water partition coefficient (Wildman–Crippen LogP) is 0.595. The molecule has 3 rings (SSSR count). The fraction of sp³-hybridized carbons (Fsp3) is 0.842. The molecule has 1 aromatic heterocycles. The number of ether oxygens (including phenoxy) is 1. The van der Waals surface area contributed by atoms with E-state index in [4.69, 9.17) is 4.74 Å². The molecule has 2 aliphatic heterocycles. The summed E-state index contributed by atoms with van der Waals surface area (Å²) in [6, 6.07) is 0.0666. The summed E-state index contributed by atoms with van der Waals surface area (Å²) in [5, 5.41) is 4.50. The third-order valence-electron chi connectivity index (χ3n) is 6.08. The maximum absolute atomic E-state index is 12.4. The Morgan fingerprint density at radius 1 is 1.18 bits per heavy atom. The minimum Gasteiger partial charge on any atom is -0.379 e. The normalized spacial score (nSPS) is 22.4.